The Labute approximate surface area is 146 Å². The number of hydrogen-bond donors (Lipinski definition) is 1. The van der Waals surface area contributed by atoms with E-state index in [-0.39, 0.29) is 0 Å². The molecule has 0 saturated heterocycles. The molecule has 1 aromatic heterocycles. The lowest BCUT2D eigenvalue weighted by atomic mass is 9.95. The van der Waals surface area contributed by atoms with E-state index in [0.29, 0.717) is 11.8 Å². The Morgan fingerprint density at radius 2 is 1.62 bits per heavy atom. The molecule has 3 aromatic rings. The molecule has 0 unspecified atom stereocenters. The van der Waals surface area contributed by atoms with Crippen molar-refractivity contribution in [3.63, 3.8) is 0 Å². The molecule has 1 heterocycles. The number of hydrogen-bond acceptors (Lipinski definition) is 3. The Kier molecular flexibility index (Phi) is 4.35. The summed E-state index contributed by atoms with van der Waals surface area (Å²) in [6, 6.07) is 18.7. The van der Waals surface area contributed by atoms with Gasteiger partial charge in [0, 0.05) is 15.6 Å². The summed E-state index contributed by atoms with van der Waals surface area (Å²) < 4.78 is 1.11. The van der Waals surface area contributed by atoms with Crippen molar-refractivity contribution < 1.29 is 5.11 Å². The zero-order chi connectivity index (χ0) is 16.4. The highest BCUT2D eigenvalue weighted by atomic mass is 32.1. The van der Waals surface area contributed by atoms with Gasteiger partial charge in [0.2, 0.25) is 0 Å². The molecule has 1 saturated carbocycles. The lowest BCUT2D eigenvalue weighted by Gasteiger charge is -2.19. The normalized spacial score (nSPS) is 16.6. The van der Waals surface area contributed by atoms with Gasteiger partial charge in [-0.15, -0.1) is 11.3 Å². The standard InChI is InChI=1S/C21H21NOS/c23-20-17-13-7-8-14-18(17)24-21(20)19(15-9-3-1-4-10-15)22-16-11-5-2-6-12-16/h1,3-4,7-10,13-14,16,23H,2,5-6,11-12H2. The molecule has 4 rings (SSSR count). The van der Waals surface area contributed by atoms with Crippen LogP contribution in [0.5, 0.6) is 5.75 Å². The predicted octanol–water partition coefficient (Wildman–Crippen LogP) is 5.78. The first-order valence-corrected chi connectivity index (χ1v) is 9.48. The van der Waals surface area contributed by atoms with Crippen LogP contribution in [0.1, 0.15) is 42.5 Å². The summed E-state index contributed by atoms with van der Waals surface area (Å²) in [7, 11) is 0. The third-order valence-electron chi connectivity index (χ3n) is 4.72. The van der Waals surface area contributed by atoms with Gasteiger partial charge in [0.1, 0.15) is 5.75 Å². The first kappa shape index (κ1) is 15.4. The van der Waals surface area contributed by atoms with Crippen LogP contribution >= 0.6 is 11.3 Å². The SMILES string of the molecule is Oc1c(C(=NC2CCCCC2)c2ccccc2)sc2ccccc12. The molecular formula is C21H21NOS. The maximum absolute atomic E-state index is 10.8. The summed E-state index contributed by atoms with van der Waals surface area (Å²) in [6.07, 6.45) is 6.15. The third-order valence-corrected chi connectivity index (χ3v) is 5.88. The van der Waals surface area contributed by atoms with E-state index in [2.05, 4.69) is 18.2 Å². The molecule has 1 N–H and O–H groups in total. The quantitative estimate of drug-likeness (QED) is 0.605. The lowest BCUT2D eigenvalue weighted by Crippen LogP contribution is -2.14. The van der Waals surface area contributed by atoms with Crippen molar-refractivity contribution in [2.75, 3.05) is 0 Å². The molecule has 0 aliphatic heterocycles. The van der Waals surface area contributed by atoms with E-state index in [4.69, 9.17) is 4.99 Å². The van der Waals surface area contributed by atoms with E-state index in [0.717, 1.165) is 39.1 Å². The van der Waals surface area contributed by atoms with Crippen molar-refractivity contribution in [1.29, 1.82) is 0 Å². The Bertz CT molecular complexity index is 860. The first-order chi connectivity index (χ1) is 11.8. The number of thiophene rings is 1. The highest BCUT2D eigenvalue weighted by Gasteiger charge is 2.20. The summed E-state index contributed by atoms with van der Waals surface area (Å²) >= 11 is 1.63. The molecule has 24 heavy (non-hydrogen) atoms. The third kappa shape index (κ3) is 2.96. The molecule has 2 aromatic carbocycles. The van der Waals surface area contributed by atoms with E-state index >= 15 is 0 Å². The Balaban J connectivity index is 1.85. The van der Waals surface area contributed by atoms with Crippen molar-refractivity contribution in [3.05, 3.63) is 65.0 Å². The van der Waals surface area contributed by atoms with Crippen molar-refractivity contribution in [2.45, 2.75) is 38.1 Å². The van der Waals surface area contributed by atoms with E-state index < -0.39 is 0 Å². The lowest BCUT2D eigenvalue weighted by molar-refractivity contribution is 0.443. The Morgan fingerprint density at radius 3 is 2.38 bits per heavy atom. The molecule has 0 radical (unpaired) electrons. The number of nitrogens with zero attached hydrogens (tertiary/aromatic N) is 1. The minimum Gasteiger partial charge on any atom is -0.506 e. The second-order valence-corrected chi connectivity index (χ2v) is 7.46. The molecule has 0 spiro atoms. The van der Waals surface area contributed by atoms with Gasteiger partial charge >= 0.3 is 0 Å². The maximum atomic E-state index is 10.8. The van der Waals surface area contributed by atoms with Crippen LogP contribution in [0.15, 0.2) is 59.6 Å². The molecular weight excluding hydrogens is 314 g/mol. The van der Waals surface area contributed by atoms with Crippen molar-refractivity contribution in [1.82, 2.24) is 0 Å². The molecule has 0 bridgehead atoms. The minimum absolute atomic E-state index is 0.369. The molecule has 1 aliphatic carbocycles. The van der Waals surface area contributed by atoms with Crippen LogP contribution in [-0.2, 0) is 0 Å². The van der Waals surface area contributed by atoms with E-state index in [1.807, 2.05) is 36.4 Å². The monoisotopic (exact) mass is 335 g/mol. The van der Waals surface area contributed by atoms with Gasteiger partial charge in [0.25, 0.3) is 0 Å². The topological polar surface area (TPSA) is 32.6 Å². The number of fused-ring (bicyclic) bond motifs is 1. The van der Waals surface area contributed by atoms with Crippen LogP contribution in [-0.4, -0.2) is 16.9 Å². The molecule has 0 amide bonds. The largest absolute Gasteiger partial charge is 0.506 e. The highest BCUT2D eigenvalue weighted by molar-refractivity contribution is 7.21. The van der Waals surface area contributed by atoms with E-state index in [9.17, 15) is 5.11 Å². The van der Waals surface area contributed by atoms with Crippen molar-refractivity contribution >= 4 is 27.1 Å². The van der Waals surface area contributed by atoms with Gasteiger partial charge in [0.15, 0.2) is 0 Å². The number of rotatable bonds is 3. The summed E-state index contributed by atoms with van der Waals surface area (Å²) in [5.74, 6) is 0.369. The second kappa shape index (κ2) is 6.78. The van der Waals surface area contributed by atoms with E-state index in [1.54, 1.807) is 11.3 Å². The Hall–Kier alpha value is -2.13. The van der Waals surface area contributed by atoms with Crippen LogP contribution in [0, 0.1) is 0 Å². The van der Waals surface area contributed by atoms with Gasteiger partial charge in [-0.3, -0.25) is 4.99 Å². The molecule has 1 aliphatic rings. The fourth-order valence-corrected chi connectivity index (χ4v) is 4.56. The summed E-state index contributed by atoms with van der Waals surface area (Å²) in [4.78, 5) is 6.00. The average Bonchev–Trinajstić information content (AvgIpc) is 2.98. The zero-order valence-corrected chi connectivity index (χ0v) is 14.4. The molecule has 0 atom stereocenters. The maximum Gasteiger partial charge on any atom is 0.143 e. The summed E-state index contributed by atoms with van der Waals surface area (Å²) in [5, 5.41) is 11.7. The number of aromatic hydroxyl groups is 1. The van der Waals surface area contributed by atoms with Gasteiger partial charge in [-0.1, -0.05) is 61.7 Å². The van der Waals surface area contributed by atoms with Crippen LogP contribution in [0.25, 0.3) is 10.1 Å². The van der Waals surface area contributed by atoms with Gasteiger partial charge in [-0.25, -0.2) is 0 Å². The fraction of sp³-hybridized carbons (Fsp3) is 0.286. The van der Waals surface area contributed by atoms with Crippen molar-refractivity contribution in [2.24, 2.45) is 4.99 Å². The molecule has 122 valence electrons. The van der Waals surface area contributed by atoms with Crippen LogP contribution < -0.4 is 0 Å². The minimum atomic E-state index is 0.369. The number of benzene rings is 2. The van der Waals surface area contributed by atoms with Crippen molar-refractivity contribution in [3.8, 4) is 5.75 Å². The van der Waals surface area contributed by atoms with Crippen LogP contribution in [0.4, 0.5) is 0 Å². The smallest absolute Gasteiger partial charge is 0.143 e. The molecule has 3 heteroatoms. The van der Waals surface area contributed by atoms with Gasteiger partial charge < -0.3 is 5.11 Å². The summed E-state index contributed by atoms with van der Waals surface area (Å²) in [6.45, 7) is 0. The highest BCUT2D eigenvalue weighted by Crippen LogP contribution is 2.38. The predicted molar refractivity (Wildman–Crippen MR) is 102 cm³/mol. The van der Waals surface area contributed by atoms with Gasteiger partial charge in [-0.2, -0.15) is 0 Å². The average molecular weight is 335 g/mol. The second-order valence-electron chi connectivity index (χ2n) is 6.41. The van der Waals surface area contributed by atoms with Gasteiger partial charge in [-0.05, 0) is 25.0 Å². The van der Waals surface area contributed by atoms with Crippen LogP contribution in [0.3, 0.4) is 0 Å². The Morgan fingerprint density at radius 1 is 0.917 bits per heavy atom. The summed E-state index contributed by atoms with van der Waals surface area (Å²) in [5.41, 5.74) is 2.03. The zero-order valence-electron chi connectivity index (χ0n) is 13.6. The van der Waals surface area contributed by atoms with Crippen LogP contribution in [0.2, 0.25) is 0 Å². The molecule has 1 fully saturated rings. The first-order valence-electron chi connectivity index (χ1n) is 8.67. The van der Waals surface area contributed by atoms with E-state index in [1.165, 1.54) is 19.3 Å². The fourth-order valence-electron chi connectivity index (χ4n) is 3.45. The molecule has 2 nitrogen and oxygen atoms in total. The van der Waals surface area contributed by atoms with Gasteiger partial charge in [0.05, 0.1) is 16.6 Å². The number of aliphatic imine (C=N–C) groups is 1.